The summed E-state index contributed by atoms with van der Waals surface area (Å²) in [6.45, 7) is 4.76. The molecule has 8 aromatic rings. The number of benzene rings is 7. The van der Waals surface area contributed by atoms with Gasteiger partial charge in [0.15, 0.2) is 5.84 Å². The molecule has 0 spiro atoms. The lowest BCUT2D eigenvalue weighted by Crippen LogP contribution is -2.12. The van der Waals surface area contributed by atoms with Gasteiger partial charge >= 0.3 is 0 Å². The quantitative estimate of drug-likeness (QED) is 0.196. The van der Waals surface area contributed by atoms with Crippen LogP contribution in [0, 0.1) is 0 Å². The molecule has 212 valence electrons. The highest BCUT2D eigenvalue weighted by Crippen LogP contribution is 2.46. The molecular weight excluding hydrogens is 552 g/mol. The van der Waals surface area contributed by atoms with Gasteiger partial charge in [-0.05, 0) is 45.3 Å². The van der Waals surface area contributed by atoms with Crippen molar-refractivity contribution in [1.82, 2.24) is 0 Å². The van der Waals surface area contributed by atoms with E-state index in [1.54, 1.807) is 0 Å². The summed E-state index contributed by atoms with van der Waals surface area (Å²) in [5.41, 5.74) is 7.23. The molecule has 0 aliphatic carbocycles. The Kier molecular flexibility index (Phi) is 5.69. The van der Waals surface area contributed by atoms with E-state index in [9.17, 15) is 0 Å². The van der Waals surface area contributed by atoms with E-state index in [0.29, 0.717) is 29.6 Å². The molecule has 1 aromatic heterocycles. The second-order valence-electron chi connectivity index (χ2n) is 11.4. The predicted octanol–water partition coefficient (Wildman–Crippen LogP) is 10.3. The van der Waals surface area contributed by atoms with Crippen molar-refractivity contribution in [1.29, 1.82) is 0 Å². The van der Waals surface area contributed by atoms with E-state index in [4.69, 9.17) is 19.1 Å². The second kappa shape index (κ2) is 10.0. The fourth-order valence-corrected chi connectivity index (χ4v) is 6.61. The van der Waals surface area contributed by atoms with Crippen LogP contribution in [0.25, 0.3) is 54.6 Å². The molecule has 9 rings (SSSR count). The van der Waals surface area contributed by atoms with Crippen LogP contribution in [-0.2, 0) is 6.54 Å². The number of nitrogens with zero attached hydrogens (tertiary/aromatic N) is 2. The van der Waals surface area contributed by atoms with Crippen molar-refractivity contribution in [3.63, 3.8) is 0 Å². The summed E-state index contributed by atoms with van der Waals surface area (Å²) in [5, 5.41) is 7.19. The van der Waals surface area contributed by atoms with Gasteiger partial charge in [-0.1, -0.05) is 122 Å². The number of rotatable bonds is 3. The third-order valence-corrected chi connectivity index (χ3v) is 8.72. The maximum Gasteiger partial charge on any atom is 0.155 e. The van der Waals surface area contributed by atoms with Gasteiger partial charge in [-0.2, -0.15) is 0 Å². The van der Waals surface area contributed by atoms with E-state index in [1.165, 1.54) is 26.9 Å². The third-order valence-electron chi connectivity index (χ3n) is 8.72. The minimum absolute atomic E-state index is 0.415. The first-order chi connectivity index (χ1) is 22.2. The Hall–Kier alpha value is -6.00. The molecule has 0 bridgehead atoms. The molecule has 0 radical (unpaired) electrons. The monoisotopic (exact) mass is 578 g/mol. The summed E-state index contributed by atoms with van der Waals surface area (Å²) in [6, 6.07) is 45.6. The molecule has 1 aliphatic rings. The zero-order chi connectivity index (χ0) is 29.9. The lowest BCUT2D eigenvalue weighted by atomic mass is 9.92. The van der Waals surface area contributed by atoms with Gasteiger partial charge in [-0.25, -0.2) is 4.99 Å². The van der Waals surface area contributed by atoms with Gasteiger partial charge in [-0.3, -0.25) is 4.99 Å². The van der Waals surface area contributed by atoms with Gasteiger partial charge in [0.05, 0.1) is 6.54 Å². The number of hydrogen-bond acceptors (Lipinski definition) is 4. The average Bonchev–Trinajstić information content (AvgIpc) is 3.51. The first-order valence-electron chi connectivity index (χ1n) is 15.1. The normalized spacial score (nSPS) is 13.7. The van der Waals surface area contributed by atoms with Crippen LogP contribution in [-0.4, -0.2) is 11.5 Å². The zero-order valence-electron chi connectivity index (χ0n) is 24.3. The van der Waals surface area contributed by atoms with Gasteiger partial charge < -0.3 is 9.15 Å². The van der Waals surface area contributed by atoms with E-state index in [2.05, 4.69) is 79.4 Å². The molecule has 4 nitrogen and oxygen atoms in total. The van der Waals surface area contributed by atoms with Crippen LogP contribution in [0.2, 0.25) is 0 Å². The van der Waals surface area contributed by atoms with Crippen molar-refractivity contribution in [2.45, 2.75) is 6.54 Å². The van der Waals surface area contributed by atoms with Crippen LogP contribution in [0.15, 0.2) is 160 Å². The van der Waals surface area contributed by atoms with E-state index in [1.807, 2.05) is 60.7 Å². The molecule has 0 N–H and O–H groups in total. The van der Waals surface area contributed by atoms with Crippen molar-refractivity contribution >= 4 is 55.0 Å². The Morgan fingerprint density at radius 1 is 0.578 bits per heavy atom. The molecule has 7 aromatic carbocycles. The Morgan fingerprint density at radius 2 is 1.27 bits per heavy atom. The fraction of sp³-hybridized carbons (Fsp3) is 0.0244. The molecule has 0 saturated carbocycles. The maximum atomic E-state index is 6.64. The average molecular weight is 579 g/mol. The molecule has 0 fully saturated rings. The van der Waals surface area contributed by atoms with Gasteiger partial charge in [0, 0.05) is 33.0 Å². The summed E-state index contributed by atoms with van der Waals surface area (Å²) in [7, 11) is 0. The number of fused-ring (bicyclic) bond motifs is 4. The number of aliphatic imine (C=N–C) groups is 2. The number of amidine groups is 1. The van der Waals surface area contributed by atoms with Crippen LogP contribution >= 0.6 is 0 Å². The van der Waals surface area contributed by atoms with Gasteiger partial charge in [0.2, 0.25) is 0 Å². The summed E-state index contributed by atoms with van der Waals surface area (Å²) in [4.78, 5) is 10.0. The Labute approximate surface area is 259 Å². The summed E-state index contributed by atoms with van der Waals surface area (Å²) >= 11 is 0. The van der Waals surface area contributed by atoms with E-state index < -0.39 is 0 Å². The second-order valence-corrected chi connectivity index (χ2v) is 11.4. The molecule has 0 unspecified atom stereocenters. The van der Waals surface area contributed by atoms with Crippen molar-refractivity contribution in [3.8, 4) is 16.9 Å². The van der Waals surface area contributed by atoms with Crippen LogP contribution in [0.1, 0.15) is 16.7 Å². The predicted molar refractivity (Wildman–Crippen MR) is 185 cm³/mol. The molecule has 4 heteroatoms. The minimum atomic E-state index is 0.415. The lowest BCUT2D eigenvalue weighted by Gasteiger charge is -2.15. The summed E-state index contributed by atoms with van der Waals surface area (Å²) < 4.78 is 13.2. The molecular formula is C41H26N2O2. The zero-order valence-corrected chi connectivity index (χ0v) is 24.3. The minimum Gasteiger partial charge on any atom is -0.455 e. The van der Waals surface area contributed by atoms with Gasteiger partial charge in [-0.15, -0.1) is 0 Å². The van der Waals surface area contributed by atoms with Crippen LogP contribution in [0.4, 0.5) is 0 Å². The maximum absolute atomic E-state index is 6.64. The van der Waals surface area contributed by atoms with Crippen LogP contribution in [0.3, 0.4) is 0 Å². The standard InChI is InChI=1S/C41H26N2O2/c1-25-39(26-11-4-2-5-12-26)43-41(27-13-6-3-7-14-27)42-24-29-20-19-28(23-36(29)44-25)30-21-22-34-32-16-9-8-15-31(32)33-17-10-18-35-37(33)38(34)40(30)45-35/h2-23H,1,24H2. The Bertz CT molecular complexity index is 2490. The number of allylic oxidation sites excluding steroid dienone is 1. The lowest BCUT2D eigenvalue weighted by molar-refractivity contribution is 0.452. The highest BCUT2D eigenvalue weighted by molar-refractivity contribution is 6.34. The highest BCUT2D eigenvalue weighted by atomic mass is 16.5. The van der Waals surface area contributed by atoms with E-state index in [-0.39, 0.29) is 0 Å². The van der Waals surface area contributed by atoms with E-state index >= 15 is 0 Å². The van der Waals surface area contributed by atoms with Gasteiger partial charge in [0.1, 0.15) is 28.4 Å². The number of ether oxygens (including phenoxy) is 1. The Morgan fingerprint density at radius 3 is 2.04 bits per heavy atom. The molecule has 45 heavy (non-hydrogen) atoms. The fourth-order valence-electron chi connectivity index (χ4n) is 6.61. The van der Waals surface area contributed by atoms with Crippen molar-refractivity contribution < 1.29 is 9.15 Å². The number of furan rings is 1. The van der Waals surface area contributed by atoms with Crippen LogP contribution < -0.4 is 4.74 Å². The van der Waals surface area contributed by atoms with Crippen molar-refractivity contribution in [3.05, 3.63) is 162 Å². The number of hydrogen-bond donors (Lipinski definition) is 0. The largest absolute Gasteiger partial charge is 0.455 e. The molecule has 0 amide bonds. The highest BCUT2D eigenvalue weighted by Gasteiger charge is 2.22. The molecule has 0 saturated heterocycles. The smallest absolute Gasteiger partial charge is 0.155 e. The third kappa shape index (κ3) is 4.07. The Balaban J connectivity index is 1.22. The topological polar surface area (TPSA) is 47.1 Å². The summed E-state index contributed by atoms with van der Waals surface area (Å²) in [6.07, 6.45) is 0. The molecule has 2 heterocycles. The SMILES string of the molecule is C=C1Oc2cc(-c3ccc4c5ccccc5c5cccc6oc3c4c65)ccc2CN=C(c2ccccc2)N=C1c1ccccc1. The van der Waals surface area contributed by atoms with Crippen molar-refractivity contribution in [2.75, 3.05) is 0 Å². The van der Waals surface area contributed by atoms with Gasteiger partial charge in [0.25, 0.3) is 0 Å². The van der Waals surface area contributed by atoms with Crippen LogP contribution in [0.5, 0.6) is 5.75 Å². The summed E-state index contributed by atoms with van der Waals surface area (Å²) in [5.74, 6) is 1.80. The first kappa shape index (κ1) is 25.5. The first-order valence-corrected chi connectivity index (χ1v) is 15.1. The van der Waals surface area contributed by atoms with Crippen molar-refractivity contribution in [2.24, 2.45) is 9.98 Å². The van der Waals surface area contributed by atoms with E-state index in [0.717, 1.165) is 44.4 Å². The molecule has 0 atom stereocenters. The molecule has 1 aliphatic heterocycles.